The molecular formula is C19H24N6O2. The van der Waals surface area contributed by atoms with Gasteiger partial charge in [-0.05, 0) is 6.42 Å². The lowest BCUT2D eigenvalue weighted by molar-refractivity contribution is -0.122. The first-order valence-electron chi connectivity index (χ1n) is 9.07. The van der Waals surface area contributed by atoms with E-state index in [2.05, 4.69) is 61.5 Å². The van der Waals surface area contributed by atoms with Crippen LogP contribution in [0.4, 0.5) is 0 Å². The number of benzene rings is 1. The van der Waals surface area contributed by atoms with E-state index in [1.165, 1.54) is 16.8 Å². The number of aromatic nitrogens is 5. The highest BCUT2D eigenvalue weighted by molar-refractivity contribution is 5.64. The first-order chi connectivity index (χ1) is 13.2. The number of aromatic amines is 2. The number of rotatable bonds is 4. The maximum atomic E-state index is 8.36. The van der Waals surface area contributed by atoms with Crippen LogP contribution in [0.3, 0.4) is 0 Å². The number of hydrogen-bond donors (Lipinski definition) is 3. The maximum absolute atomic E-state index is 8.36. The fourth-order valence-electron chi connectivity index (χ4n) is 3.30. The zero-order chi connectivity index (χ0) is 19.1. The molecule has 0 amide bonds. The predicted molar refractivity (Wildman–Crippen MR) is 101 cm³/mol. The Morgan fingerprint density at radius 2 is 1.89 bits per heavy atom. The zero-order valence-electron chi connectivity index (χ0n) is 15.4. The standard InChI is InChI=1S/C18H22N6.CH2O2/c1-2-16-19-17(22-21-16)12-24-10-8-14-15(9-11-24)20-23-18(14)13-6-4-3-5-7-13;2-1-3/h3-7H,2,8-12H2,1H3,(H,20,23)(H,19,21,22);1H,(H,2,3). The van der Waals surface area contributed by atoms with Crippen LogP contribution >= 0.6 is 0 Å². The van der Waals surface area contributed by atoms with Gasteiger partial charge in [-0.15, -0.1) is 0 Å². The fourth-order valence-corrected chi connectivity index (χ4v) is 3.30. The van der Waals surface area contributed by atoms with Gasteiger partial charge in [0.2, 0.25) is 0 Å². The molecule has 0 aliphatic carbocycles. The lowest BCUT2D eigenvalue weighted by Crippen LogP contribution is -2.26. The average molecular weight is 368 g/mol. The van der Waals surface area contributed by atoms with Crippen LogP contribution in [-0.4, -0.2) is 54.9 Å². The van der Waals surface area contributed by atoms with Crippen molar-refractivity contribution in [3.8, 4) is 11.3 Å². The quantitative estimate of drug-likeness (QED) is 0.608. The molecule has 0 bridgehead atoms. The highest BCUT2D eigenvalue weighted by Gasteiger charge is 2.20. The smallest absolute Gasteiger partial charge is 0.290 e. The molecule has 3 N–H and O–H groups in total. The van der Waals surface area contributed by atoms with Crippen molar-refractivity contribution in [1.82, 2.24) is 30.3 Å². The van der Waals surface area contributed by atoms with E-state index < -0.39 is 0 Å². The van der Waals surface area contributed by atoms with Gasteiger partial charge in [0.1, 0.15) is 11.6 Å². The molecule has 27 heavy (non-hydrogen) atoms. The second-order valence-corrected chi connectivity index (χ2v) is 6.33. The average Bonchev–Trinajstić information content (AvgIpc) is 3.27. The molecule has 2 aromatic heterocycles. The Labute approximate surface area is 157 Å². The SMILES string of the molecule is CCc1n[nH]c(CN2CCc3[nH]nc(-c4ccccc4)c3CC2)n1.O=CO. The van der Waals surface area contributed by atoms with Gasteiger partial charge in [-0.1, -0.05) is 37.3 Å². The van der Waals surface area contributed by atoms with Crippen LogP contribution in [0, 0.1) is 0 Å². The number of nitrogens with zero attached hydrogens (tertiary/aromatic N) is 4. The minimum absolute atomic E-state index is 0.250. The first kappa shape index (κ1) is 18.8. The molecule has 0 unspecified atom stereocenters. The minimum atomic E-state index is -0.250. The number of carbonyl (C=O) groups is 1. The molecule has 3 heterocycles. The van der Waals surface area contributed by atoms with Gasteiger partial charge in [-0.2, -0.15) is 10.2 Å². The summed E-state index contributed by atoms with van der Waals surface area (Å²) >= 11 is 0. The Bertz CT molecular complexity index is 858. The Balaban J connectivity index is 0.000000659. The molecule has 0 radical (unpaired) electrons. The second-order valence-electron chi connectivity index (χ2n) is 6.33. The van der Waals surface area contributed by atoms with Crippen molar-refractivity contribution in [3.63, 3.8) is 0 Å². The van der Waals surface area contributed by atoms with E-state index in [-0.39, 0.29) is 6.47 Å². The van der Waals surface area contributed by atoms with E-state index in [0.717, 1.165) is 56.2 Å². The zero-order valence-corrected chi connectivity index (χ0v) is 15.4. The molecule has 1 aromatic carbocycles. The molecule has 0 fully saturated rings. The van der Waals surface area contributed by atoms with E-state index in [1.807, 2.05) is 6.07 Å². The monoisotopic (exact) mass is 368 g/mol. The maximum Gasteiger partial charge on any atom is 0.290 e. The Hall–Kier alpha value is -3.00. The Morgan fingerprint density at radius 3 is 2.59 bits per heavy atom. The molecule has 142 valence electrons. The van der Waals surface area contributed by atoms with Crippen molar-refractivity contribution in [3.05, 3.63) is 53.2 Å². The van der Waals surface area contributed by atoms with Gasteiger partial charge in [-0.25, -0.2) is 4.98 Å². The minimum Gasteiger partial charge on any atom is -0.483 e. The van der Waals surface area contributed by atoms with E-state index in [4.69, 9.17) is 9.90 Å². The number of nitrogens with one attached hydrogen (secondary N) is 2. The van der Waals surface area contributed by atoms with E-state index >= 15 is 0 Å². The molecule has 4 rings (SSSR count). The van der Waals surface area contributed by atoms with Crippen LogP contribution in [0.25, 0.3) is 11.3 Å². The first-order valence-corrected chi connectivity index (χ1v) is 9.07. The molecule has 8 nitrogen and oxygen atoms in total. The van der Waals surface area contributed by atoms with Gasteiger partial charge in [0.25, 0.3) is 6.47 Å². The highest BCUT2D eigenvalue weighted by Crippen LogP contribution is 2.26. The summed E-state index contributed by atoms with van der Waals surface area (Å²) in [6.07, 6.45) is 2.86. The van der Waals surface area contributed by atoms with Crippen molar-refractivity contribution in [1.29, 1.82) is 0 Å². The molecule has 0 saturated heterocycles. The molecule has 8 heteroatoms. The summed E-state index contributed by atoms with van der Waals surface area (Å²) in [7, 11) is 0. The van der Waals surface area contributed by atoms with Crippen molar-refractivity contribution < 1.29 is 9.90 Å². The molecule has 0 spiro atoms. The molecule has 3 aromatic rings. The van der Waals surface area contributed by atoms with Gasteiger partial charge >= 0.3 is 0 Å². The van der Waals surface area contributed by atoms with E-state index in [1.54, 1.807) is 0 Å². The van der Waals surface area contributed by atoms with Crippen LogP contribution in [0.15, 0.2) is 30.3 Å². The van der Waals surface area contributed by atoms with Gasteiger partial charge in [0, 0.05) is 42.8 Å². The number of H-pyrrole nitrogens is 2. The van der Waals surface area contributed by atoms with Crippen LogP contribution in [-0.2, 0) is 30.6 Å². The Morgan fingerprint density at radius 1 is 1.15 bits per heavy atom. The van der Waals surface area contributed by atoms with Gasteiger partial charge in [-0.3, -0.25) is 19.9 Å². The van der Waals surface area contributed by atoms with Crippen molar-refractivity contribution >= 4 is 6.47 Å². The topological polar surface area (TPSA) is 111 Å². The second kappa shape index (κ2) is 9.09. The fraction of sp³-hybridized carbons (Fsp3) is 0.368. The predicted octanol–water partition coefficient (Wildman–Crippen LogP) is 2.06. The van der Waals surface area contributed by atoms with Crippen LogP contribution in [0.2, 0.25) is 0 Å². The van der Waals surface area contributed by atoms with Crippen molar-refractivity contribution in [2.24, 2.45) is 0 Å². The van der Waals surface area contributed by atoms with Crippen molar-refractivity contribution in [2.45, 2.75) is 32.7 Å². The molecule has 0 saturated carbocycles. The summed E-state index contributed by atoms with van der Waals surface area (Å²) < 4.78 is 0. The summed E-state index contributed by atoms with van der Waals surface area (Å²) in [4.78, 5) is 15.3. The van der Waals surface area contributed by atoms with Crippen LogP contribution in [0.1, 0.15) is 29.8 Å². The van der Waals surface area contributed by atoms with E-state index in [0.29, 0.717) is 0 Å². The van der Waals surface area contributed by atoms with Crippen LogP contribution in [0.5, 0.6) is 0 Å². The number of hydrogen-bond acceptors (Lipinski definition) is 5. The van der Waals surface area contributed by atoms with Gasteiger partial charge in [0.15, 0.2) is 0 Å². The largest absolute Gasteiger partial charge is 0.483 e. The van der Waals surface area contributed by atoms with Crippen molar-refractivity contribution in [2.75, 3.05) is 13.1 Å². The van der Waals surface area contributed by atoms with E-state index in [9.17, 15) is 0 Å². The third-order valence-corrected chi connectivity index (χ3v) is 4.62. The number of aryl methyl sites for hydroxylation is 1. The molecule has 0 atom stereocenters. The summed E-state index contributed by atoms with van der Waals surface area (Å²) in [5, 5.41) is 22.0. The summed E-state index contributed by atoms with van der Waals surface area (Å²) in [5.74, 6) is 1.85. The van der Waals surface area contributed by atoms with Gasteiger partial charge < -0.3 is 5.11 Å². The Kier molecular flexibility index (Phi) is 6.32. The summed E-state index contributed by atoms with van der Waals surface area (Å²) in [6.45, 7) is 4.66. The summed E-state index contributed by atoms with van der Waals surface area (Å²) in [6, 6.07) is 10.4. The lowest BCUT2D eigenvalue weighted by atomic mass is 10.0. The number of fused-ring (bicyclic) bond motifs is 1. The molecule has 1 aliphatic rings. The third-order valence-electron chi connectivity index (χ3n) is 4.62. The van der Waals surface area contributed by atoms with Gasteiger partial charge in [0.05, 0.1) is 12.2 Å². The van der Waals surface area contributed by atoms with Crippen LogP contribution < -0.4 is 0 Å². The normalized spacial score (nSPS) is 14.0. The molecular weight excluding hydrogens is 344 g/mol. The highest BCUT2D eigenvalue weighted by atomic mass is 16.3. The number of carboxylic acid groups (broad SMARTS) is 1. The molecule has 1 aliphatic heterocycles. The third kappa shape index (κ3) is 4.59. The lowest BCUT2D eigenvalue weighted by Gasteiger charge is -2.17. The summed E-state index contributed by atoms with van der Waals surface area (Å²) in [5.41, 5.74) is 4.91.